The molecule has 1 nitrogen and oxygen atoms in total. The summed E-state index contributed by atoms with van der Waals surface area (Å²) in [4.78, 5) is 0. The zero-order valence-electron chi connectivity index (χ0n) is 8.17. The van der Waals surface area contributed by atoms with Gasteiger partial charge >= 0.3 is 0 Å². The van der Waals surface area contributed by atoms with E-state index in [2.05, 4.69) is 6.58 Å². The van der Waals surface area contributed by atoms with Gasteiger partial charge in [-0.1, -0.05) is 24.8 Å². The Bertz CT molecular complexity index is 348. The lowest BCUT2D eigenvalue weighted by Crippen LogP contribution is -1.94. The van der Waals surface area contributed by atoms with E-state index in [0.717, 1.165) is 22.4 Å². The van der Waals surface area contributed by atoms with Crippen LogP contribution in [0.1, 0.15) is 23.6 Å². The minimum absolute atomic E-state index is 0.851. The van der Waals surface area contributed by atoms with Gasteiger partial charge in [0.2, 0.25) is 0 Å². The Kier molecular flexibility index (Phi) is 2.91. The number of nitrogen functional groups attached to an aromatic ring is 1. The van der Waals surface area contributed by atoms with Crippen LogP contribution in [0.15, 0.2) is 24.8 Å². The van der Waals surface area contributed by atoms with Gasteiger partial charge in [-0.15, -0.1) is 0 Å². The van der Waals surface area contributed by atoms with E-state index in [0.29, 0.717) is 0 Å². The van der Waals surface area contributed by atoms with Gasteiger partial charge in [0.1, 0.15) is 0 Å². The second-order valence-electron chi connectivity index (χ2n) is 3.04. The maximum Gasteiger partial charge on any atom is 0.0417 e. The Morgan fingerprint density at radius 1 is 1.38 bits per heavy atom. The molecule has 13 heavy (non-hydrogen) atoms. The maximum absolute atomic E-state index is 5.91. The molecular weight excluding hydrogens is 158 g/mol. The fourth-order valence-electron chi connectivity index (χ4n) is 1.29. The highest BCUT2D eigenvalue weighted by Crippen LogP contribution is 2.21. The molecule has 0 aliphatic rings. The number of rotatable bonds is 2. The van der Waals surface area contributed by atoms with Crippen molar-refractivity contribution >= 4 is 17.8 Å². The number of benzene rings is 1. The quantitative estimate of drug-likeness (QED) is 0.682. The Labute approximate surface area is 79.6 Å². The van der Waals surface area contributed by atoms with Gasteiger partial charge in [0.05, 0.1) is 0 Å². The molecule has 1 heteroatoms. The Morgan fingerprint density at radius 2 is 2.08 bits per heavy atom. The van der Waals surface area contributed by atoms with E-state index >= 15 is 0 Å². The van der Waals surface area contributed by atoms with Crippen molar-refractivity contribution in [3.8, 4) is 0 Å². The average Bonchev–Trinajstić information content (AvgIpc) is 2.13. The molecule has 0 heterocycles. The van der Waals surface area contributed by atoms with Gasteiger partial charge in [-0.2, -0.15) is 0 Å². The first-order valence-corrected chi connectivity index (χ1v) is 4.34. The van der Waals surface area contributed by atoms with E-state index < -0.39 is 0 Å². The normalized spacial score (nSPS) is 10.6. The first kappa shape index (κ1) is 9.59. The smallest absolute Gasteiger partial charge is 0.0417 e. The molecule has 0 atom stereocenters. The van der Waals surface area contributed by atoms with E-state index in [9.17, 15) is 0 Å². The van der Waals surface area contributed by atoms with Crippen molar-refractivity contribution in [2.75, 3.05) is 5.73 Å². The predicted octanol–water partition coefficient (Wildman–Crippen LogP) is 3.25. The van der Waals surface area contributed by atoms with E-state index in [1.165, 1.54) is 0 Å². The molecule has 0 radical (unpaired) electrons. The maximum atomic E-state index is 5.91. The predicted molar refractivity (Wildman–Crippen MR) is 60.4 cm³/mol. The lowest BCUT2D eigenvalue weighted by atomic mass is 10.0. The van der Waals surface area contributed by atoms with Crippen molar-refractivity contribution in [1.29, 1.82) is 0 Å². The number of allylic oxidation sites excluding steroid dienone is 1. The lowest BCUT2D eigenvalue weighted by molar-refractivity contribution is 1.44. The first-order valence-electron chi connectivity index (χ1n) is 4.34. The molecule has 2 N–H and O–H groups in total. The second-order valence-corrected chi connectivity index (χ2v) is 3.04. The highest BCUT2D eigenvalue weighted by molar-refractivity contribution is 5.71. The summed E-state index contributed by atoms with van der Waals surface area (Å²) >= 11 is 0. The van der Waals surface area contributed by atoms with Crippen LogP contribution in [-0.2, 0) is 0 Å². The van der Waals surface area contributed by atoms with Crippen LogP contribution in [0.25, 0.3) is 12.2 Å². The van der Waals surface area contributed by atoms with Gasteiger partial charge < -0.3 is 5.73 Å². The Balaban J connectivity index is 3.32. The van der Waals surface area contributed by atoms with E-state index in [1.807, 2.05) is 44.2 Å². The van der Waals surface area contributed by atoms with Crippen LogP contribution >= 0.6 is 0 Å². The van der Waals surface area contributed by atoms with Gasteiger partial charge in [-0.25, -0.2) is 0 Å². The van der Waals surface area contributed by atoms with Crippen molar-refractivity contribution in [2.45, 2.75) is 13.8 Å². The minimum atomic E-state index is 0.851. The van der Waals surface area contributed by atoms with Crippen molar-refractivity contribution in [2.24, 2.45) is 0 Å². The minimum Gasteiger partial charge on any atom is -0.398 e. The molecule has 1 aromatic carbocycles. The summed E-state index contributed by atoms with van der Waals surface area (Å²) in [6, 6.07) is 4.07. The molecule has 0 saturated carbocycles. The molecule has 0 spiro atoms. The Hall–Kier alpha value is -1.50. The lowest BCUT2D eigenvalue weighted by Gasteiger charge is -2.06. The van der Waals surface area contributed by atoms with Crippen LogP contribution in [0.4, 0.5) is 5.69 Å². The summed E-state index contributed by atoms with van der Waals surface area (Å²) in [6.45, 7) is 7.73. The largest absolute Gasteiger partial charge is 0.398 e. The van der Waals surface area contributed by atoms with Crippen LogP contribution in [-0.4, -0.2) is 0 Å². The molecule has 0 aliphatic carbocycles. The van der Waals surface area contributed by atoms with Crippen LogP contribution in [0.3, 0.4) is 0 Å². The molecule has 0 amide bonds. The van der Waals surface area contributed by atoms with Gasteiger partial charge in [-0.3, -0.25) is 0 Å². The zero-order chi connectivity index (χ0) is 9.84. The number of nitrogens with two attached hydrogens (primary N) is 1. The van der Waals surface area contributed by atoms with Crippen molar-refractivity contribution in [3.05, 3.63) is 41.5 Å². The van der Waals surface area contributed by atoms with Gasteiger partial charge in [0.25, 0.3) is 0 Å². The third-order valence-corrected chi connectivity index (χ3v) is 2.02. The van der Waals surface area contributed by atoms with Gasteiger partial charge in [-0.05, 0) is 42.7 Å². The monoisotopic (exact) mass is 173 g/mol. The van der Waals surface area contributed by atoms with Crippen molar-refractivity contribution in [3.63, 3.8) is 0 Å². The van der Waals surface area contributed by atoms with Crippen LogP contribution in [0.2, 0.25) is 0 Å². The van der Waals surface area contributed by atoms with Crippen LogP contribution in [0.5, 0.6) is 0 Å². The fraction of sp³-hybridized carbons (Fsp3) is 0.167. The molecule has 1 rings (SSSR count). The summed E-state index contributed by atoms with van der Waals surface area (Å²) in [7, 11) is 0. The summed E-state index contributed by atoms with van der Waals surface area (Å²) < 4.78 is 0. The number of hydrogen-bond acceptors (Lipinski definition) is 1. The number of aryl methyl sites for hydroxylation is 1. The molecular formula is C12H15N. The molecule has 0 fully saturated rings. The third-order valence-electron chi connectivity index (χ3n) is 2.02. The molecule has 1 aromatic rings. The van der Waals surface area contributed by atoms with Gasteiger partial charge in [0, 0.05) is 5.69 Å². The molecule has 0 saturated heterocycles. The Morgan fingerprint density at radius 3 is 2.62 bits per heavy atom. The van der Waals surface area contributed by atoms with Crippen LogP contribution < -0.4 is 5.73 Å². The molecule has 0 bridgehead atoms. The SMILES string of the molecule is C=Cc1cc(C)c(N)c(C=CC)c1. The highest BCUT2D eigenvalue weighted by atomic mass is 14.6. The van der Waals surface area contributed by atoms with Crippen molar-refractivity contribution in [1.82, 2.24) is 0 Å². The summed E-state index contributed by atoms with van der Waals surface area (Å²) in [5.74, 6) is 0. The van der Waals surface area contributed by atoms with E-state index in [4.69, 9.17) is 5.73 Å². The first-order chi connectivity index (χ1) is 6.19. The molecule has 0 aromatic heterocycles. The summed E-state index contributed by atoms with van der Waals surface area (Å²) in [5.41, 5.74) is 10.0. The molecule has 68 valence electrons. The topological polar surface area (TPSA) is 26.0 Å². The standard InChI is InChI=1S/C12H15N/c1-4-6-11-8-10(5-2)7-9(3)12(11)13/h4-8H,2,13H2,1,3H3. The van der Waals surface area contributed by atoms with E-state index in [1.54, 1.807) is 0 Å². The zero-order valence-corrected chi connectivity index (χ0v) is 8.17. The summed E-state index contributed by atoms with van der Waals surface area (Å²) in [5, 5.41) is 0. The fourth-order valence-corrected chi connectivity index (χ4v) is 1.29. The molecule has 0 aliphatic heterocycles. The average molecular weight is 173 g/mol. The summed E-state index contributed by atoms with van der Waals surface area (Å²) in [6.07, 6.45) is 5.83. The van der Waals surface area contributed by atoms with Crippen molar-refractivity contribution < 1.29 is 0 Å². The van der Waals surface area contributed by atoms with Crippen LogP contribution in [0, 0.1) is 6.92 Å². The van der Waals surface area contributed by atoms with Gasteiger partial charge in [0.15, 0.2) is 0 Å². The van der Waals surface area contributed by atoms with E-state index in [-0.39, 0.29) is 0 Å². The number of hydrogen-bond donors (Lipinski definition) is 1. The highest BCUT2D eigenvalue weighted by Gasteiger charge is 2.00. The second kappa shape index (κ2) is 3.94. The number of anilines is 1. The third kappa shape index (κ3) is 2.00. The molecule has 0 unspecified atom stereocenters.